The summed E-state index contributed by atoms with van der Waals surface area (Å²) in [4.78, 5) is 10.9. The van der Waals surface area contributed by atoms with Gasteiger partial charge in [0.15, 0.2) is 11.6 Å². The zero-order valence-corrected chi connectivity index (χ0v) is 11.9. The quantitative estimate of drug-likeness (QED) is 0.920. The van der Waals surface area contributed by atoms with E-state index in [1.165, 1.54) is 12.1 Å². The molecule has 2 aromatic rings. The lowest BCUT2D eigenvalue weighted by Gasteiger charge is -2.30. The number of nitrogens with one attached hydrogen (secondary N) is 1. The third-order valence-corrected chi connectivity index (χ3v) is 5.00. The van der Waals surface area contributed by atoms with Gasteiger partial charge >= 0.3 is 0 Å². The van der Waals surface area contributed by atoms with Crippen LogP contribution in [-0.2, 0) is 14.8 Å². The summed E-state index contributed by atoms with van der Waals surface area (Å²) < 4.78 is 53.1. The maximum atomic E-state index is 13.8. The topological polar surface area (TPSA) is 66.5 Å². The lowest BCUT2D eigenvalue weighted by atomic mass is 10.2. The van der Waals surface area contributed by atoms with Crippen molar-refractivity contribution in [3.63, 3.8) is 0 Å². The molecule has 0 atom stereocenters. The van der Waals surface area contributed by atoms with E-state index in [2.05, 4.69) is 5.32 Å². The largest absolute Gasteiger partial charge is 0.323 e. The molecular formula is C14H10F2N2O3S. The molecule has 1 aliphatic heterocycles. The van der Waals surface area contributed by atoms with E-state index < -0.39 is 39.0 Å². The van der Waals surface area contributed by atoms with E-state index in [0.717, 1.165) is 22.5 Å². The van der Waals surface area contributed by atoms with Gasteiger partial charge in [0.2, 0.25) is 5.91 Å². The Morgan fingerprint density at radius 1 is 1.05 bits per heavy atom. The molecule has 2 aromatic carbocycles. The second-order valence-electron chi connectivity index (χ2n) is 4.63. The van der Waals surface area contributed by atoms with Crippen LogP contribution in [0.25, 0.3) is 0 Å². The molecule has 1 heterocycles. The molecule has 8 heteroatoms. The van der Waals surface area contributed by atoms with Crippen LogP contribution < -0.4 is 9.62 Å². The van der Waals surface area contributed by atoms with Gasteiger partial charge in [0.05, 0.1) is 11.4 Å². The Morgan fingerprint density at radius 3 is 2.55 bits per heavy atom. The summed E-state index contributed by atoms with van der Waals surface area (Å²) in [5.74, 6) is -3.29. The lowest BCUT2D eigenvalue weighted by molar-refractivity contribution is -0.115. The molecule has 0 spiro atoms. The molecule has 5 nitrogen and oxygen atoms in total. The molecule has 0 aliphatic carbocycles. The average Bonchev–Trinajstić information content (AvgIpc) is 2.49. The first kappa shape index (κ1) is 14.5. The first-order valence-electron chi connectivity index (χ1n) is 6.27. The summed E-state index contributed by atoms with van der Waals surface area (Å²) >= 11 is 0. The van der Waals surface area contributed by atoms with Gasteiger partial charge in [-0.1, -0.05) is 18.2 Å². The summed E-state index contributed by atoms with van der Waals surface area (Å²) in [5.41, 5.74) is 0.491. The van der Waals surface area contributed by atoms with Gasteiger partial charge < -0.3 is 5.32 Å². The van der Waals surface area contributed by atoms with Crippen LogP contribution in [0, 0.1) is 11.6 Å². The van der Waals surface area contributed by atoms with Gasteiger partial charge in [-0.25, -0.2) is 17.2 Å². The van der Waals surface area contributed by atoms with Crippen LogP contribution in [0.2, 0.25) is 0 Å². The number of nitrogens with zero attached hydrogens (tertiary/aromatic N) is 1. The first-order chi connectivity index (χ1) is 10.4. The van der Waals surface area contributed by atoms with E-state index in [-0.39, 0.29) is 5.69 Å². The third kappa shape index (κ3) is 2.21. The molecule has 0 saturated carbocycles. The number of anilines is 2. The van der Waals surface area contributed by atoms with Crippen molar-refractivity contribution in [2.45, 2.75) is 4.90 Å². The van der Waals surface area contributed by atoms with E-state index in [1.807, 2.05) is 0 Å². The van der Waals surface area contributed by atoms with Crippen molar-refractivity contribution in [2.24, 2.45) is 0 Å². The molecule has 0 saturated heterocycles. The molecule has 0 fully saturated rings. The van der Waals surface area contributed by atoms with Crippen LogP contribution >= 0.6 is 0 Å². The Hall–Kier alpha value is -2.48. The molecule has 22 heavy (non-hydrogen) atoms. The Labute approximate surface area is 125 Å². The molecule has 0 radical (unpaired) electrons. The summed E-state index contributed by atoms with van der Waals surface area (Å²) in [6.45, 7) is -0.505. The van der Waals surface area contributed by atoms with Gasteiger partial charge in [-0.15, -0.1) is 0 Å². The van der Waals surface area contributed by atoms with Gasteiger partial charge in [0.25, 0.3) is 10.0 Å². The van der Waals surface area contributed by atoms with Gasteiger partial charge in [-0.05, 0) is 24.3 Å². The van der Waals surface area contributed by atoms with Crippen molar-refractivity contribution in [1.29, 1.82) is 0 Å². The summed E-state index contributed by atoms with van der Waals surface area (Å²) in [7, 11) is -4.40. The molecular weight excluding hydrogens is 314 g/mol. The highest BCUT2D eigenvalue weighted by Crippen LogP contribution is 2.34. The predicted octanol–water partition coefficient (Wildman–Crippen LogP) is 2.11. The van der Waals surface area contributed by atoms with Crippen molar-refractivity contribution in [2.75, 3.05) is 16.2 Å². The van der Waals surface area contributed by atoms with E-state index in [4.69, 9.17) is 0 Å². The van der Waals surface area contributed by atoms with E-state index in [9.17, 15) is 22.0 Å². The number of sulfonamides is 1. The van der Waals surface area contributed by atoms with Crippen LogP contribution in [0.4, 0.5) is 20.2 Å². The monoisotopic (exact) mass is 324 g/mol. The fourth-order valence-corrected chi connectivity index (χ4v) is 3.74. The van der Waals surface area contributed by atoms with E-state index >= 15 is 0 Å². The Kier molecular flexibility index (Phi) is 3.32. The number of carbonyl (C=O) groups excluding carboxylic acids is 1. The average molecular weight is 324 g/mol. The highest BCUT2D eigenvalue weighted by Gasteiger charge is 2.34. The van der Waals surface area contributed by atoms with Gasteiger partial charge in [-0.2, -0.15) is 0 Å². The van der Waals surface area contributed by atoms with Crippen molar-refractivity contribution in [3.8, 4) is 0 Å². The first-order valence-corrected chi connectivity index (χ1v) is 7.71. The zero-order chi connectivity index (χ0) is 15.9. The third-order valence-electron chi connectivity index (χ3n) is 3.22. The number of hydrogen-bond donors (Lipinski definition) is 1. The number of carbonyl (C=O) groups is 1. The highest BCUT2D eigenvalue weighted by atomic mass is 32.2. The maximum Gasteiger partial charge on any atom is 0.267 e. The number of para-hydroxylation sites is 2. The lowest BCUT2D eigenvalue weighted by Crippen LogP contribution is -2.42. The van der Waals surface area contributed by atoms with Crippen molar-refractivity contribution in [3.05, 3.63) is 54.1 Å². The van der Waals surface area contributed by atoms with Crippen LogP contribution in [0.5, 0.6) is 0 Å². The number of amides is 1. The van der Waals surface area contributed by atoms with Crippen molar-refractivity contribution < 1.29 is 22.0 Å². The van der Waals surface area contributed by atoms with Gasteiger partial charge in [-0.3, -0.25) is 9.10 Å². The number of halogens is 2. The molecule has 1 aliphatic rings. The molecule has 3 rings (SSSR count). The number of rotatable bonds is 2. The minimum absolute atomic E-state index is 0.200. The molecule has 0 bridgehead atoms. The second kappa shape index (κ2) is 5.06. The molecule has 0 unspecified atom stereocenters. The van der Waals surface area contributed by atoms with Crippen LogP contribution in [0.15, 0.2) is 47.4 Å². The smallest absolute Gasteiger partial charge is 0.267 e. The summed E-state index contributed by atoms with van der Waals surface area (Å²) in [6, 6.07) is 9.09. The zero-order valence-electron chi connectivity index (χ0n) is 11.1. The number of fused-ring (bicyclic) bond motifs is 1. The summed E-state index contributed by atoms with van der Waals surface area (Å²) in [6.07, 6.45) is 0. The Bertz CT molecular complexity index is 868. The van der Waals surface area contributed by atoms with Crippen molar-refractivity contribution >= 4 is 27.3 Å². The second-order valence-corrected chi connectivity index (χ2v) is 6.46. The molecule has 1 N–H and O–H groups in total. The SMILES string of the molecule is O=C1CN(S(=O)(=O)c2cccc(F)c2F)c2ccccc2N1. The van der Waals surface area contributed by atoms with Crippen LogP contribution in [0.3, 0.4) is 0 Å². The molecule has 114 valence electrons. The highest BCUT2D eigenvalue weighted by molar-refractivity contribution is 7.93. The fourth-order valence-electron chi connectivity index (χ4n) is 2.22. The van der Waals surface area contributed by atoms with Gasteiger partial charge in [0, 0.05) is 0 Å². The number of hydrogen-bond acceptors (Lipinski definition) is 3. The fraction of sp³-hybridized carbons (Fsp3) is 0.0714. The van der Waals surface area contributed by atoms with Crippen molar-refractivity contribution in [1.82, 2.24) is 0 Å². The summed E-state index contributed by atoms with van der Waals surface area (Å²) in [5, 5.41) is 2.53. The van der Waals surface area contributed by atoms with E-state index in [0.29, 0.717) is 5.69 Å². The standard InChI is InChI=1S/C14H10F2N2O3S/c15-9-4-3-7-12(14(9)16)22(20,21)18-8-13(19)17-10-5-1-2-6-11(10)18/h1-7H,8H2,(H,17,19). The van der Waals surface area contributed by atoms with Gasteiger partial charge in [0.1, 0.15) is 11.4 Å². The number of benzene rings is 2. The van der Waals surface area contributed by atoms with Crippen LogP contribution in [-0.4, -0.2) is 20.9 Å². The predicted molar refractivity (Wildman–Crippen MR) is 76.0 cm³/mol. The molecule has 0 aromatic heterocycles. The minimum Gasteiger partial charge on any atom is -0.323 e. The Morgan fingerprint density at radius 2 is 1.77 bits per heavy atom. The van der Waals surface area contributed by atoms with Crippen LogP contribution in [0.1, 0.15) is 0 Å². The Balaban J connectivity index is 2.18. The molecule has 1 amide bonds. The maximum absolute atomic E-state index is 13.8. The minimum atomic E-state index is -4.40. The van der Waals surface area contributed by atoms with E-state index in [1.54, 1.807) is 12.1 Å². The normalized spacial score (nSPS) is 14.5.